The van der Waals surface area contributed by atoms with Gasteiger partial charge >= 0.3 is 6.03 Å². The summed E-state index contributed by atoms with van der Waals surface area (Å²) in [5, 5.41) is 5.33. The number of halogens is 1. The second kappa shape index (κ2) is 6.48. The minimum absolute atomic E-state index is 0.270. The maximum absolute atomic E-state index is 12.6. The number of benzene rings is 1. The summed E-state index contributed by atoms with van der Waals surface area (Å²) in [4.78, 5) is 37.4. The van der Waals surface area contributed by atoms with Crippen LogP contribution >= 0.6 is 15.9 Å². The van der Waals surface area contributed by atoms with Crippen LogP contribution in [0.2, 0.25) is 0 Å². The summed E-state index contributed by atoms with van der Waals surface area (Å²) < 4.78 is 0.812. The van der Waals surface area contributed by atoms with Crippen LogP contribution in [-0.2, 0) is 15.1 Å². The van der Waals surface area contributed by atoms with E-state index in [-0.39, 0.29) is 12.5 Å². The van der Waals surface area contributed by atoms with E-state index in [1.54, 1.807) is 25.1 Å². The van der Waals surface area contributed by atoms with Gasteiger partial charge in [-0.25, -0.2) is 4.79 Å². The van der Waals surface area contributed by atoms with Gasteiger partial charge < -0.3 is 10.6 Å². The normalized spacial score (nSPS) is 21.0. The predicted octanol–water partition coefficient (Wildman–Crippen LogP) is 1.74. The Labute approximate surface area is 137 Å². The van der Waals surface area contributed by atoms with E-state index in [9.17, 15) is 14.4 Å². The number of urea groups is 1. The van der Waals surface area contributed by atoms with Gasteiger partial charge in [0.2, 0.25) is 5.91 Å². The Hall–Kier alpha value is -1.89. The largest absolute Gasteiger partial charge is 0.355 e. The maximum Gasteiger partial charge on any atom is 0.325 e. The van der Waals surface area contributed by atoms with E-state index in [4.69, 9.17) is 0 Å². The number of hydrogen-bond acceptors (Lipinski definition) is 3. The predicted molar refractivity (Wildman–Crippen MR) is 85.0 cm³/mol. The van der Waals surface area contributed by atoms with Crippen molar-refractivity contribution >= 4 is 33.8 Å². The molecule has 1 unspecified atom stereocenters. The fraction of sp³-hybridized carbons (Fsp3) is 0.400. The van der Waals surface area contributed by atoms with Crippen LogP contribution in [0.25, 0.3) is 0 Å². The molecule has 2 rings (SSSR count). The number of hydrogen-bond donors (Lipinski definition) is 2. The molecule has 1 aromatic carbocycles. The number of carbonyl (C=O) groups excluding carboxylic acids is 3. The number of carbonyl (C=O) groups is 3. The minimum atomic E-state index is -1.16. The van der Waals surface area contributed by atoms with Gasteiger partial charge in [0.15, 0.2) is 0 Å². The standard InChI is InChI=1S/C15H18BrN3O3/c1-3-7-17-12(20)9-19-13(21)15(2,18-14(19)22)10-5-4-6-11(16)8-10/h4-6,8H,3,7,9H2,1-2H3,(H,17,20)(H,18,22). The summed E-state index contributed by atoms with van der Waals surface area (Å²) in [5.41, 5.74) is -0.497. The Balaban J connectivity index is 2.19. The Kier molecular flexibility index (Phi) is 4.85. The van der Waals surface area contributed by atoms with Crippen LogP contribution in [-0.4, -0.2) is 35.8 Å². The maximum atomic E-state index is 12.6. The number of rotatable bonds is 5. The smallest absolute Gasteiger partial charge is 0.325 e. The van der Waals surface area contributed by atoms with Crippen LogP contribution < -0.4 is 10.6 Å². The molecule has 1 aliphatic heterocycles. The molecule has 1 aromatic rings. The average molecular weight is 368 g/mol. The monoisotopic (exact) mass is 367 g/mol. The summed E-state index contributed by atoms with van der Waals surface area (Å²) in [6.45, 7) is 3.82. The highest BCUT2D eigenvalue weighted by Gasteiger charge is 2.49. The van der Waals surface area contributed by atoms with Gasteiger partial charge in [0.25, 0.3) is 5.91 Å². The van der Waals surface area contributed by atoms with Crippen LogP contribution in [0.15, 0.2) is 28.7 Å². The molecule has 2 N–H and O–H groups in total. The van der Waals surface area contributed by atoms with Crippen molar-refractivity contribution in [3.63, 3.8) is 0 Å². The Morgan fingerprint density at radius 2 is 2.14 bits per heavy atom. The second-order valence-electron chi connectivity index (χ2n) is 5.31. The van der Waals surface area contributed by atoms with Crippen molar-refractivity contribution in [2.24, 2.45) is 0 Å². The molecule has 0 spiro atoms. The lowest BCUT2D eigenvalue weighted by Gasteiger charge is -2.22. The topological polar surface area (TPSA) is 78.5 Å². The fourth-order valence-electron chi connectivity index (χ4n) is 2.30. The van der Waals surface area contributed by atoms with E-state index in [0.29, 0.717) is 12.1 Å². The summed E-state index contributed by atoms with van der Waals surface area (Å²) in [6.07, 6.45) is 0.793. The summed E-state index contributed by atoms with van der Waals surface area (Å²) >= 11 is 3.35. The van der Waals surface area contributed by atoms with E-state index in [2.05, 4.69) is 26.6 Å². The van der Waals surface area contributed by atoms with Crippen LogP contribution in [0.5, 0.6) is 0 Å². The molecule has 0 radical (unpaired) electrons. The third kappa shape index (κ3) is 3.14. The third-order valence-corrected chi connectivity index (χ3v) is 4.04. The zero-order chi connectivity index (χ0) is 16.3. The molecule has 1 aliphatic rings. The van der Waals surface area contributed by atoms with Crippen molar-refractivity contribution in [2.75, 3.05) is 13.1 Å². The number of imide groups is 1. The van der Waals surface area contributed by atoms with Crippen molar-refractivity contribution in [1.82, 2.24) is 15.5 Å². The van der Waals surface area contributed by atoms with Crippen LogP contribution in [0.3, 0.4) is 0 Å². The van der Waals surface area contributed by atoms with Crippen molar-refractivity contribution in [3.8, 4) is 0 Å². The SMILES string of the molecule is CCCNC(=O)CN1C(=O)NC(C)(c2cccc(Br)c2)C1=O. The Morgan fingerprint density at radius 3 is 2.77 bits per heavy atom. The lowest BCUT2D eigenvalue weighted by molar-refractivity contribution is -0.134. The van der Waals surface area contributed by atoms with Gasteiger partial charge in [-0.1, -0.05) is 35.0 Å². The summed E-state index contributed by atoms with van der Waals surface area (Å²) in [7, 11) is 0. The molecule has 22 heavy (non-hydrogen) atoms. The molecule has 7 heteroatoms. The minimum Gasteiger partial charge on any atom is -0.355 e. The molecule has 6 nitrogen and oxygen atoms in total. The molecule has 1 heterocycles. The van der Waals surface area contributed by atoms with Crippen LogP contribution in [0.4, 0.5) is 4.79 Å². The molecule has 118 valence electrons. The van der Waals surface area contributed by atoms with E-state index in [1.165, 1.54) is 0 Å². The molecule has 0 bridgehead atoms. The van der Waals surface area contributed by atoms with Gasteiger partial charge in [0.1, 0.15) is 12.1 Å². The van der Waals surface area contributed by atoms with Gasteiger partial charge in [0.05, 0.1) is 0 Å². The van der Waals surface area contributed by atoms with Crippen LogP contribution in [0, 0.1) is 0 Å². The Morgan fingerprint density at radius 1 is 1.41 bits per heavy atom. The van der Waals surface area contributed by atoms with Gasteiger partial charge in [-0.05, 0) is 31.0 Å². The lowest BCUT2D eigenvalue weighted by Crippen LogP contribution is -2.43. The highest BCUT2D eigenvalue weighted by atomic mass is 79.9. The molecule has 0 aromatic heterocycles. The Bertz CT molecular complexity index is 620. The highest BCUT2D eigenvalue weighted by Crippen LogP contribution is 2.30. The first kappa shape index (κ1) is 16.5. The van der Waals surface area contributed by atoms with E-state index < -0.39 is 17.5 Å². The molecule has 4 amide bonds. The molecule has 1 saturated heterocycles. The first-order valence-electron chi connectivity index (χ1n) is 7.05. The van der Waals surface area contributed by atoms with Gasteiger partial charge in [-0.3, -0.25) is 14.5 Å². The average Bonchev–Trinajstić information content (AvgIpc) is 2.70. The summed E-state index contributed by atoms with van der Waals surface area (Å²) in [5.74, 6) is -0.772. The van der Waals surface area contributed by atoms with Crippen molar-refractivity contribution < 1.29 is 14.4 Å². The zero-order valence-corrected chi connectivity index (χ0v) is 14.1. The first-order valence-corrected chi connectivity index (χ1v) is 7.84. The molecule has 1 fully saturated rings. The molecule has 0 aliphatic carbocycles. The van der Waals surface area contributed by atoms with E-state index in [0.717, 1.165) is 15.8 Å². The first-order chi connectivity index (χ1) is 10.4. The third-order valence-electron chi connectivity index (χ3n) is 3.55. The molecular formula is C15H18BrN3O3. The molecular weight excluding hydrogens is 350 g/mol. The number of amides is 4. The van der Waals surface area contributed by atoms with Crippen molar-refractivity contribution in [1.29, 1.82) is 0 Å². The second-order valence-corrected chi connectivity index (χ2v) is 6.22. The number of nitrogens with one attached hydrogen (secondary N) is 2. The van der Waals surface area contributed by atoms with E-state index >= 15 is 0 Å². The number of nitrogens with zero attached hydrogens (tertiary/aromatic N) is 1. The fourth-order valence-corrected chi connectivity index (χ4v) is 2.70. The lowest BCUT2D eigenvalue weighted by atomic mass is 9.92. The van der Waals surface area contributed by atoms with E-state index in [1.807, 2.05) is 13.0 Å². The molecule has 1 atom stereocenters. The van der Waals surface area contributed by atoms with Crippen LogP contribution in [0.1, 0.15) is 25.8 Å². The highest BCUT2D eigenvalue weighted by molar-refractivity contribution is 9.10. The summed E-state index contributed by atoms with van der Waals surface area (Å²) in [6, 6.07) is 6.62. The van der Waals surface area contributed by atoms with Gasteiger partial charge in [-0.15, -0.1) is 0 Å². The zero-order valence-electron chi connectivity index (χ0n) is 12.5. The van der Waals surface area contributed by atoms with Gasteiger partial charge in [-0.2, -0.15) is 0 Å². The molecule has 0 saturated carbocycles. The van der Waals surface area contributed by atoms with Crippen molar-refractivity contribution in [3.05, 3.63) is 34.3 Å². The van der Waals surface area contributed by atoms with Crippen molar-refractivity contribution in [2.45, 2.75) is 25.8 Å². The van der Waals surface area contributed by atoms with Gasteiger partial charge in [0, 0.05) is 11.0 Å². The quantitative estimate of drug-likeness (QED) is 0.778.